The molecular weight excluding hydrogens is 232 g/mol. The Morgan fingerprint density at radius 3 is 2.59 bits per heavy atom. The first-order valence-electron chi connectivity index (χ1n) is 6.08. The molecule has 1 aliphatic rings. The molecule has 2 rings (SSSR count). The van der Waals surface area contributed by atoms with Gasteiger partial charge in [0.2, 0.25) is 0 Å². The maximum absolute atomic E-state index is 5.14. The predicted molar refractivity (Wildman–Crippen MR) is 73.0 cm³/mol. The second-order valence-electron chi connectivity index (χ2n) is 4.12. The average Bonchev–Trinajstić information content (AvgIpc) is 2.41. The number of hydrogen-bond acceptors (Lipinski definition) is 4. The normalized spacial score (nSPS) is 17.0. The van der Waals surface area contributed by atoms with Gasteiger partial charge in [-0.3, -0.25) is 4.90 Å². The second kappa shape index (κ2) is 6.89. The Kier molecular flexibility index (Phi) is 5.16. The molecule has 0 atom stereocenters. The van der Waals surface area contributed by atoms with Crippen molar-refractivity contribution < 1.29 is 4.74 Å². The third-order valence-electron chi connectivity index (χ3n) is 2.95. The molecule has 94 valence electrons. The Morgan fingerprint density at radius 2 is 1.94 bits per heavy atom. The molecule has 1 aromatic carbocycles. The summed E-state index contributed by atoms with van der Waals surface area (Å²) in [4.78, 5) is 3.84. The van der Waals surface area contributed by atoms with E-state index < -0.39 is 0 Å². The first-order valence-corrected chi connectivity index (χ1v) is 7.07. The van der Waals surface area contributed by atoms with Crippen LogP contribution in [-0.2, 0) is 0 Å². The van der Waals surface area contributed by atoms with Crippen LogP contribution < -0.4 is 10.1 Å². The standard InChI is InChI=1S/C13H20N2OS/c1-16-12-2-4-13(5-3-12)17-11-10-15-8-6-14-7-9-15/h2-5,14H,6-11H2,1H3. The Bertz CT molecular complexity index is 323. The van der Waals surface area contributed by atoms with Crippen LogP contribution in [0.3, 0.4) is 0 Å². The molecule has 1 saturated heterocycles. The van der Waals surface area contributed by atoms with Crippen molar-refractivity contribution in [2.75, 3.05) is 45.6 Å². The van der Waals surface area contributed by atoms with Gasteiger partial charge in [0.1, 0.15) is 5.75 Å². The van der Waals surface area contributed by atoms with E-state index in [1.165, 1.54) is 24.5 Å². The van der Waals surface area contributed by atoms with Gasteiger partial charge in [-0.1, -0.05) is 0 Å². The minimum absolute atomic E-state index is 0.927. The van der Waals surface area contributed by atoms with Gasteiger partial charge in [0.25, 0.3) is 0 Å². The van der Waals surface area contributed by atoms with Gasteiger partial charge >= 0.3 is 0 Å². The molecule has 1 fully saturated rings. The van der Waals surface area contributed by atoms with Crippen LogP contribution in [0.25, 0.3) is 0 Å². The first kappa shape index (κ1) is 12.7. The highest BCUT2D eigenvalue weighted by atomic mass is 32.2. The molecule has 0 amide bonds. The number of thioether (sulfide) groups is 1. The maximum atomic E-state index is 5.14. The zero-order valence-corrected chi connectivity index (χ0v) is 11.1. The summed E-state index contributed by atoms with van der Waals surface area (Å²) in [5, 5.41) is 3.37. The lowest BCUT2D eigenvalue weighted by Gasteiger charge is -2.26. The Hall–Kier alpha value is -0.710. The van der Waals surface area contributed by atoms with Crippen molar-refractivity contribution in [2.45, 2.75) is 4.90 Å². The van der Waals surface area contributed by atoms with Crippen LogP contribution in [0.1, 0.15) is 0 Å². The third kappa shape index (κ3) is 4.22. The number of piperazine rings is 1. The summed E-state index contributed by atoms with van der Waals surface area (Å²) < 4.78 is 5.14. The smallest absolute Gasteiger partial charge is 0.118 e. The Morgan fingerprint density at radius 1 is 1.24 bits per heavy atom. The van der Waals surface area contributed by atoms with Crippen molar-refractivity contribution in [1.29, 1.82) is 0 Å². The molecule has 0 unspecified atom stereocenters. The molecule has 0 aromatic heterocycles. The van der Waals surface area contributed by atoms with E-state index >= 15 is 0 Å². The first-order chi connectivity index (χ1) is 8.38. The third-order valence-corrected chi connectivity index (χ3v) is 3.94. The van der Waals surface area contributed by atoms with Crippen LogP contribution in [0, 0.1) is 0 Å². The quantitative estimate of drug-likeness (QED) is 0.806. The highest BCUT2D eigenvalue weighted by molar-refractivity contribution is 7.99. The summed E-state index contributed by atoms with van der Waals surface area (Å²) in [6, 6.07) is 8.29. The predicted octanol–water partition coefficient (Wildman–Crippen LogP) is 1.69. The van der Waals surface area contributed by atoms with Crippen LogP contribution >= 0.6 is 11.8 Å². The van der Waals surface area contributed by atoms with Gasteiger partial charge in [-0.15, -0.1) is 11.8 Å². The lowest BCUT2D eigenvalue weighted by molar-refractivity contribution is 0.255. The molecule has 3 nitrogen and oxygen atoms in total. The van der Waals surface area contributed by atoms with Gasteiger partial charge in [-0.2, -0.15) is 0 Å². The van der Waals surface area contributed by atoms with Crippen LogP contribution in [0.5, 0.6) is 5.75 Å². The van der Waals surface area contributed by atoms with Crippen molar-refractivity contribution in [1.82, 2.24) is 10.2 Å². The zero-order valence-electron chi connectivity index (χ0n) is 10.3. The van der Waals surface area contributed by atoms with Crippen molar-refractivity contribution in [3.8, 4) is 5.75 Å². The van der Waals surface area contributed by atoms with E-state index in [1.807, 2.05) is 23.9 Å². The van der Waals surface area contributed by atoms with Gasteiger partial charge in [-0.25, -0.2) is 0 Å². The summed E-state index contributed by atoms with van der Waals surface area (Å²) in [5.74, 6) is 2.09. The van der Waals surface area contributed by atoms with Gasteiger partial charge in [0.05, 0.1) is 7.11 Å². The van der Waals surface area contributed by atoms with E-state index in [9.17, 15) is 0 Å². The number of methoxy groups -OCH3 is 1. The molecule has 0 aliphatic carbocycles. The molecule has 1 aromatic rings. The topological polar surface area (TPSA) is 24.5 Å². The SMILES string of the molecule is COc1ccc(SCCN2CCNCC2)cc1. The van der Waals surface area contributed by atoms with Crippen molar-refractivity contribution in [3.63, 3.8) is 0 Å². The number of ether oxygens (including phenoxy) is 1. The molecule has 0 radical (unpaired) electrons. The Balaban J connectivity index is 1.69. The van der Waals surface area contributed by atoms with E-state index in [-0.39, 0.29) is 0 Å². The molecule has 0 bridgehead atoms. The fraction of sp³-hybridized carbons (Fsp3) is 0.538. The number of hydrogen-bond donors (Lipinski definition) is 1. The van der Waals surface area contributed by atoms with Crippen LogP contribution in [0.2, 0.25) is 0 Å². The van der Waals surface area contributed by atoms with Gasteiger partial charge in [-0.05, 0) is 24.3 Å². The van der Waals surface area contributed by atoms with Gasteiger partial charge in [0.15, 0.2) is 0 Å². The number of benzene rings is 1. The summed E-state index contributed by atoms with van der Waals surface area (Å²) in [5.41, 5.74) is 0. The molecule has 1 heterocycles. The summed E-state index contributed by atoms with van der Waals surface area (Å²) in [6.07, 6.45) is 0. The lowest BCUT2D eigenvalue weighted by Crippen LogP contribution is -2.44. The average molecular weight is 252 g/mol. The summed E-state index contributed by atoms with van der Waals surface area (Å²) in [7, 11) is 1.70. The lowest BCUT2D eigenvalue weighted by atomic mass is 10.3. The Labute approximate surface area is 108 Å². The van der Waals surface area contributed by atoms with Crippen LogP contribution in [-0.4, -0.2) is 50.5 Å². The van der Waals surface area contributed by atoms with E-state index in [2.05, 4.69) is 22.3 Å². The van der Waals surface area contributed by atoms with Crippen LogP contribution in [0.4, 0.5) is 0 Å². The molecule has 1 aliphatic heterocycles. The van der Waals surface area contributed by atoms with E-state index in [1.54, 1.807) is 7.11 Å². The summed E-state index contributed by atoms with van der Waals surface area (Å²) >= 11 is 1.92. The van der Waals surface area contributed by atoms with E-state index in [4.69, 9.17) is 4.74 Å². The minimum Gasteiger partial charge on any atom is -0.497 e. The largest absolute Gasteiger partial charge is 0.497 e. The number of nitrogens with one attached hydrogen (secondary N) is 1. The monoisotopic (exact) mass is 252 g/mol. The van der Waals surface area contributed by atoms with Crippen molar-refractivity contribution in [2.24, 2.45) is 0 Å². The molecule has 0 spiro atoms. The van der Waals surface area contributed by atoms with Crippen LogP contribution in [0.15, 0.2) is 29.2 Å². The highest BCUT2D eigenvalue weighted by Crippen LogP contribution is 2.21. The molecular formula is C13H20N2OS. The second-order valence-corrected chi connectivity index (χ2v) is 5.28. The van der Waals surface area contributed by atoms with Crippen molar-refractivity contribution in [3.05, 3.63) is 24.3 Å². The van der Waals surface area contributed by atoms with Crippen molar-refractivity contribution >= 4 is 11.8 Å². The minimum atomic E-state index is 0.927. The highest BCUT2D eigenvalue weighted by Gasteiger charge is 2.08. The molecule has 4 heteroatoms. The van der Waals surface area contributed by atoms with Gasteiger partial charge < -0.3 is 10.1 Å². The molecule has 0 saturated carbocycles. The number of rotatable bonds is 5. The summed E-state index contributed by atoms with van der Waals surface area (Å²) in [6.45, 7) is 5.81. The fourth-order valence-electron chi connectivity index (χ4n) is 1.90. The van der Waals surface area contributed by atoms with Gasteiger partial charge in [0, 0.05) is 43.4 Å². The molecule has 17 heavy (non-hydrogen) atoms. The zero-order chi connectivity index (χ0) is 11.9. The van der Waals surface area contributed by atoms with E-state index in [0.29, 0.717) is 0 Å². The maximum Gasteiger partial charge on any atom is 0.118 e. The number of nitrogens with zero attached hydrogens (tertiary/aromatic N) is 1. The molecule has 1 N–H and O–H groups in total. The van der Waals surface area contributed by atoms with E-state index in [0.717, 1.165) is 24.6 Å². The fourth-order valence-corrected chi connectivity index (χ4v) is 2.81.